The van der Waals surface area contributed by atoms with Crippen molar-refractivity contribution in [2.24, 2.45) is 0 Å². The highest BCUT2D eigenvalue weighted by molar-refractivity contribution is 5.31. The largest absolute Gasteiger partial charge is 0.492 e. The van der Waals surface area contributed by atoms with E-state index in [-0.39, 0.29) is 6.10 Å². The van der Waals surface area contributed by atoms with Crippen molar-refractivity contribution in [3.63, 3.8) is 0 Å². The van der Waals surface area contributed by atoms with Gasteiger partial charge in [-0.25, -0.2) is 0 Å². The van der Waals surface area contributed by atoms with E-state index in [1.165, 1.54) is 0 Å². The maximum absolute atomic E-state index is 5.80. The van der Waals surface area contributed by atoms with Crippen LogP contribution >= 0.6 is 0 Å². The minimum Gasteiger partial charge on any atom is -0.492 e. The fraction of sp³-hybridized carbons (Fsp3) is 0.647. The Hall–Kier alpha value is -1.26. The molecule has 2 atom stereocenters. The summed E-state index contributed by atoms with van der Waals surface area (Å²) in [5.41, 5.74) is 0. The van der Waals surface area contributed by atoms with Crippen molar-refractivity contribution < 1.29 is 14.2 Å². The number of ether oxygens (including phenoxy) is 3. The molecule has 0 saturated carbocycles. The zero-order chi connectivity index (χ0) is 15.2. The van der Waals surface area contributed by atoms with E-state index in [0.29, 0.717) is 18.8 Å². The summed E-state index contributed by atoms with van der Waals surface area (Å²) >= 11 is 0. The Morgan fingerprint density at radius 1 is 1.10 bits per heavy atom. The first kappa shape index (κ1) is 16.1. The SMILES string of the molecule is CC(C)Oc1ccc(OCCN2C[C@@H](C)O[C@@H](C)C2)cc1. The van der Waals surface area contributed by atoms with Gasteiger partial charge in [0.05, 0.1) is 18.3 Å². The molecule has 0 unspecified atom stereocenters. The van der Waals surface area contributed by atoms with Crippen LogP contribution in [0.2, 0.25) is 0 Å². The number of benzene rings is 1. The van der Waals surface area contributed by atoms with Crippen LogP contribution in [0.15, 0.2) is 24.3 Å². The highest BCUT2D eigenvalue weighted by Crippen LogP contribution is 2.18. The normalized spacial score (nSPS) is 23.3. The first-order chi connectivity index (χ1) is 10.0. The van der Waals surface area contributed by atoms with Crippen LogP contribution in [-0.2, 0) is 4.74 Å². The van der Waals surface area contributed by atoms with Crippen LogP contribution in [0.1, 0.15) is 27.7 Å². The van der Waals surface area contributed by atoms with Crippen molar-refractivity contribution in [3.8, 4) is 11.5 Å². The Balaban J connectivity index is 1.73. The van der Waals surface area contributed by atoms with Gasteiger partial charge in [0.25, 0.3) is 0 Å². The topological polar surface area (TPSA) is 30.9 Å². The fourth-order valence-electron chi connectivity index (χ4n) is 2.65. The molecule has 0 spiro atoms. The predicted octanol–water partition coefficient (Wildman–Crippen LogP) is 2.96. The summed E-state index contributed by atoms with van der Waals surface area (Å²) in [6.45, 7) is 11.9. The van der Waals surface area contributed by atoms with Crippen molar-refractivity contribution in [2.75, 3.05) is 26.2 Å². The molecule has 1 aromatic rings. The van der Waals surface area contributed by atoms with Crippen molar-refractivity contribution in [3.05, 3.63) is 24.3 Å². The molecule has 1 saturated heterocycles. The Labute approximate surface area is 128 Å². The van der Waals surface area contributed by atoms with Gasteiger partial charge in [0.2, 0.25) is 0 Å². The summed E-state index contributed by atoms with van der Waals surface area (Å²) in [6, 6.07) is 7.83. The van der Waals surface area contributed by atoms with Crippen LogP contribution in [-0.4, -0.2) is 49.5 Å². The average Bonchev–Trinajstić information content (AvgIpc) is 2.39. The molecular formula is C17H27NO3. The van der Waals surface area contributed by atoms with E-state index in [4.69, 9.17) is 14.2 Å². The van der Waals surface area contributed by atoms with Gasteiger partial charge in [-0.2, -0.15) is 0 Å². The summed E-state index contributed by atoms with van der Waals surface area (Å²) in [7, 11) is 0. The number of hydrogen-bond donors (Lipinski definition) is 0. The second-order valence-electron chi connectivity index (χ2n) is 6.00. The molecular weight excluding hydrogens is 266 g/mol. The third kappa shape index (κ3) is 5.56. The molecule has 0 bridgehead atoms. The molecule has 1 fully saturated rings. The molecule has 118 valence electrons. The van der Waals surface area contributed by atoms with Crippen molar-refractivity contribution in [1.29, 1.82) is 0 Å². The lowest BCUT2D eigenvalue weighted by Crippen LogP contribution is -2.46. The number of morpholine rings is 1. The van der Waals surface area contributed by atoms with Gasteiger partial charge in [0, 0.05) is 19.6 Å². The quantitative estimate of drug-likeness (QED) is 0.807. The van der Waals surface area contributed by atoms with Gasteiger partial charge < -0.3 is 14.2 Å². The van der Waals surface area contributed by atoms with Crippen LogP contribution in [0.25, 0.3) is 0 Å². The summed E-state index contributed by atoms with van der Waals surface area (Å²) in [4.78, 5) is 2.40. The average molecular weight is 293 g/mol. The van der Waals surface area contributed by atoms with Crippen LogP contribution in [0.3, 0.4) is 0 Å². The second kappa shape index (κ2) is 7.66. The molecule has 0 aliphatic carbocycles. The summed E-state index contributed by atoms with van der Waals surface area (Å²) < 4.78 is 17.1. The maximum Gasteiger partial charge on any atom is 0.119 e. The molecule has 1 aromatic carbocycles. The van der Waals surface area contributed by atoms with Crippen molar-refractivity contribution >= 4 is 0 Å². The van der Waals surface area contributed by atoms with E-state index in [1.807, 2.05) is 38.1 Å². The van der Waals surface area contributed by atoms with Crippen molar-refractivity contribution in [1.82, 2.24) is 4.90 Å². The van der Waals surface area contributed by atoms with Crippen LogP contribution in [0, 0.1) is 0 Å². The van der Waals surface area contributed by atoms with E-state index in [0.717, 1.165) is 31.1 Å². The molecule has 2 rings (SSSR count). The van der Waals surface area contributed by atoms with Crippen LogP contribution in [0.5, 0.6) is 11.5 Å². The van der Waals surface area contributed by atoms with E-state index < -0.39 is 0 Å². The minimum atomic E-state index is 0.196. The van der Waals surface area contributed by atoms with Crippen molar-refractivity contribution in [2.45, 2.75) is 46.0 Å². The Morgan fingerprint density at radius 3 is 2.24 bits per heavy atom. The van der Waals surface area contributed by atoms with Gasteiger partial charge >= 0.3 is 0 Å². The molecule has 0 N–H and O–H groups in total. The van der Waals surface area contributed by atoms with Gasteiger partial charge in [-0.15, -0.1) is 0 Å². The smallest absolute Gasteiger partial charge is 0.119 e. The lowest BCUT2D eigenvalue weighted by molar-refractivity contribution is -0.0699. The molecule has 1 heterocycles. The van der Waals surface area contributed by atoms with Gasteiger partial charge in [-0.05, 0) is 52.0 Å². The molecule has 4 nitrogen and oxygen atoms in total. The number of nitrogens with zero attached hydrogens (tertiary/aromatic N) is 1. The molecule has 4 heteroatoms. The molecule has 1 aliphatic rings. The van der Waals surface area contributed by atoms with E-state index in [2.05, 4.69) is 18.7 Å². The molecule has 21 heavy (non-hydrogen) atoms. The number of rotatable bonds is 6. The Bertz CT molecular complexity index is 409. The zero-order valence-electron chi connectivity index (χ0n) is 13.5. The van der Waals surface area contributed by atoms with Gasteiger partial charge in [0.15, 0.2) is 0 Å². The Kier molecular flexibility index (Phi) is 5.88. The van der Waals surface area contributed by atoms with Crippen LogP contribution in [0.4, 0.5) is 0 Å². The lowest BCUT2D eigenvalue weighted by Gasteiger charge is -2.35. The third-order valence-corrected chi connectivity index (χ3v) is 3.37. The number of hydrogen-bond acceptors (Lipinski definition) is 4. The fourth-order valence-corrected chi connectivity index (χ4v) is 2.65. The summed E-state index contributed by atoms with van der Waals surface area (Å²) in [5, 5.41) is 0. The van der Waals surface area contributed by atoms with Gasteiger partial charge in [-0.1, -0.05) is 0 Å². The molecule has 1 aliphatic heterocycles. The maximum atomic E-state index is 5.80. The van der Waals surface area contributed by atoms with Gasteiger partial charge in [0.1, 0.15) is 18.1 Å². The minimum absolute atomic E-state index is 0.196. The second-order valence-corrected chi connectivity index (χ2v) is 6.00. The van der Waals surface area contributed by atoms with E-state index in [9.17, 15) is 0 Å². The molecule has 0 radical (unpaired) electrons. The Morgan fingerprint density at radius 2 is 1.67 bits per heavy atom. The monoisotopic (exact) mass is 293 g/mol. The van der Waals surface area contributed by atoms with E-state index in [1.54, 1.807) is 0 Å². The third-order valence-electron chi connectivity index (χ3n) is 3.37. The zero-order valence-corrected chi connectivity index (χ0v) is 13.5. The van der Waals surface area contributed by atoms with Gasteiger partial charge in [-0.3, -0.25) is 4.90 Å². The first-order valence-corrected chi connectivity index (χ1v) is 7.80. The highest BCUT2D eigenvalue weighted by Gasteiger charge is 2.21. The molecule has 0 amide bonds. The highest BCUT2D eigenvalue weighted by atomic mass is 16.5. The van der Waals surface area contributed by atoms with E-state index >= 15 is 0 Å². The lowest BCUT2D eigenvalue weighted by atomic mass is 10.2. The predicted molar refractivity (Wildman–Crippen MR) is 84.2 cm³/mol. The first-order valence-electron chi connectivity index (χ1n) is 7.80. The summed E-state index contributed by atoms with van der Waals surface area (Å²) in [6.07, 6.45) is 0.810. The summed E-state index contributed by atoms with van der Waals surface area (Å²) in [5.74, 6) is 1.77. The molecule has 0 aromatic heterocycles. The van der Waals surface area contributed by atoms with Crippen LogP contribution < -0.4 is 9.47 Å². The standard InChI is InChI=1S/C17H27NO3/c1-13(2)20-17-7-5-16(6-8-17)19-10-9-18-11-14(3)21-15(4)12-18/h5-8,13-15H,9-12H2,1-4H3/t14-,15+.